The van der Waals surface area contributed by atoms with E-state index in [1.807, 2.05) is 20.9 Å². The van der Waals surface area contributed by atoms with Crippen molar-refractivity contribution in [1.82, 2.24) is 14.7 Å². The molecule has 1 aliphatic rings. The molecule has 0 aliphatic carbocycles. The molecule has 21 heavy (non-hydrogen) atoms. The van der Waals surface area contributed by atoms with E-state index in [0.717, 1.165) is 37.2 Å². The molecule has 2 rings (SSSR count). The summed E-state index contributed by atoms with van der Waals surface area (Å²) in [6.07, 6.45) is 3.96. The van der Waals surface area contributed by atoms with Gasteiger partial charge in [-0.1, -0.05) is 31.9 Å². The number of aliphatic carboxylic acids is 1. The van der Waals surface area contributed by atoms with E-state index in [2.05, 4.69) is 10.00 Å². The third-order valence-electron chi connectivity index (χ3n) is 4.53. The first-order valence-corrected chi connectivity index (χ1v) is 8.02. The molecule has 1 atom stereocenters. The lowest BCUT2D eigenvalue weighted by Gasteiger charge is -2.34. The summed E-state index contributed by atoms with van der Waals surface area (Å²) in [5, 5.41) is 14.8. The van der Waals surface area contributed by atoms with Crippen molar-refractivity contribution in [2.24, 2.45) is 7.05 Å². The second-order valence-electron chi connectivity index (χ2n) is 5.80. The molecule has 5 nitrogen and oxygen atoms in total. The van der Waals surface area contributed by atoms with Crippen LogP contribution in [0.3, 0.4) is 0 Å². The summed E-state index contributed by atoms with van der Waals surface area (Å²) < 4.78 is 1.79. The molecule has 0 amide bonds. The lowest BCUT2D eigenvalue weighted by Crippen LogP contribution is -2.50. The first kappa shape index (κ1) is 16.3. The van der Waals surface area contributed by atoms with Crippen molar-refractivity contribution < 1.29 is 9.90 Å². The Labute approximate surface area is 130 Å². The van der Waals surface area contributed by atoms with E-state index in [0.29, 0.717) is 24.4 Å². The standard InChI is InChI=1S/C15H24ClN3O2/c1-4-7-15(14(20)21)8-6-9-19(15)10-12-13(16)11(5-2)17-18(12)3/h4-10H2,1-3H3,(H,20,21). The molecule has 0 aromatic carbocycles. The summed E-state index contributed by atoms with van der Waals surface area (Å²) >= 11 is 6.40. The van der Waals surface area contributed by atoms with Crippen LogP contribution in [0.4, 0.5) is 0 Å². The average molecular weight is 314 g/mol. The number of aryl methyl sites for hydroxylation is 2. The molecule has 118 valence electrons. The number of carboxylic acid groups (broad SMARTS) is 1. The molecular weight excluding hydrogens is 290 g/mol. The Morgan fingerprint density at radius 3 is 2.71 bits per heavy atom. The maximum Gasteiger partial charge on any atom is 0.324 e. The zero-order valence-electron chi connectivity index (χ0n) is 13.0. The van der Waals surface area contributed by atoms with E-state index in [9.17, 15) is 9.90 Å². The van der Waals surface area contributed by atoms with Gasteiger partial charge in [0.2, 0.25) is 0 Å². The van der Waals surface area contributed by atoms with Crippen molar-refractivity contribution in [3.8, 4) is 0 Å². The molecule has 0 radical (unpaired) electrons. The van der Waals surface area contributed by atoms with Gasteiger partial charge in [0, 0.05) is 13.6 Å². The topological polar surface area (TPSA) is 58.4 Å². The number of hydrogen-bond acceptors (Lipinski definition) is 3. The zero-order chi connectivity index (χ0) is 15.6. The molecule has 1 aliphatic heterocycles. The quantitative estimate of drug-likeness (QED) is 0.877. The van der Waals surface area contributed by atoms with Gasteiger partial charge in [0.05, 0.1) is 16.4 Å². The van der Waals surface area contributed by atoms with Crippen LogP contribution in [-0.2, 0) is 24.8 Å². The van der Waals surface area contributed by atoms with E-state index < -0.39 is 11.5 Å². The van der Waals surface area contributed by atoms with E-state index in [4.69, 9.17) is 11.6 Å². The molecule has 1 aromatic rings. The number of nitrogens with zero attached hydrogens (tertiary/aromatic N) is 3. The van der Waals surface area contributed by atoms with Crippen LogP contribution in [-0.4, -0.2) is 37.8 Å². The molecule has 1 aromatic heterocycles. The molecule has 0 spiro atoms. The van der Waals surface area contributed by atoms with Crippen molar-refractivity contribution in [3.63, 3.8) is 0 Å². The largest absolute Gasteiger partial charge is 0.480 e. The third kappa shape index (κ3) is 2.81. The fraction of sp³-hybridized carbons (Fsp3) is 0.733. The molecule has 6 heteroatoms. The lowest BCUT2D eigenvalue weighted by molar-refractivity contribution is -0.150. The smallest absolute Gasteiger partial charge is 0.324 e. The van der Waals surface area contributed by atoms with Crippen LogP contribution >= 0.6 is 11.6 Å². The van der Waals surface area contributed by atoms with Crippen molar-refractivity contribution in [2.45, 2.75) is 58.0 Å². The average Bonchev–Trinajstić information content (AvgIpc) is 2.96. The van der Waals surface area contributed by atoms with Crippen molar-refractivity contribution in [2.75, 3.05) is 6.54 Å². The van der Waals surface area contributed by atoms with Crippen molar-refractivity contribution >= 4 is 17.6 Å². The summed E-state index contributed by atoms with van der Waals surface area (Å²) in [6, 6.07) is 0. The number of halogens is 1. The van der Waals surface area contributed by atoms with Gasteiger partial charge in [-0.2, -0.15) is 5.10 Å². The molecule has 1 unspecified atom stereocenters. The lowest BCUT2D eigenvalue weighted by atomic mass is 9.90. The van der Waals surface area contributed by atoms with Gasteiger partial charge in [0.25, 0.3) is 0 Å². The molecule has 0 bridgehead atoms. The van der Waals surface area contributed by atoms with Gasteiger partial charge < -0.3 is 5.11 Å². The highest BCUT2D eigenvalue weighted by atomic mass is 35.5. The van der Waals surface area contributed by atoms with Gasteiger partial charge in [-0.05, 0) is 32.2 Å². The maximum absolute atomic E-state index is 11.8. The molecular formula is C15H24ClN3O2. The highest BCUT2D eigenvalue weighted by Gasteiger charge is 2.47. The van der Waals surface area contributed by atoms with Crippen molar-refractivity contribution in [3.05, 3.63) is 16.4 Å². The number of rotatable bonds is 6. The van der Waals surface area contributed by atoms with Gasteiger partial charge in [0.15, 0.2) is 0 Å². The number of likely N-dealkylation sites (tertiary alicyclic amines) is 1. The number of hydrogen-bond donors (Lipinski definition) is 1. The predicted octanol–water partition coefficient (Wildman–Crippen LogP) is 2.86. The second kappa shape index (κ2) is 6.36. The Morgan fingerprint density at radius 1 is 1.48 bits per heavy atom. The van der Waals surface area contributed by atoms with Crippen LogP contribution in [0.25, 0.3) is 0 Å². The highest BCUT2D eigenvalue weighted by molar-refractivity contribution is 6.31. The Balaban J connectivity index is 2.29. The minimum absolute atomic E-state index is 0.550. The van der Waals surface area contributed by atoms with Crippen molar-refractivity contribution in [1.29, 1.82) is 0 Å². The summed E-state index contributed by atoms with van der Waals surface area (Å²) in [6.45, 7) is 5.41. The van der Waals surface area contributed by atoms with Gasteiger partial charge in [-0.15, -0.1) is 0 Å². The van der Waals surface area contributed by atoms with Gasteiger partial charge in [-0.3, -0.25) is 14.4 Å². The molecule has 0 saturated carbocycles. The summed E-state index contributed by atoms with van der Waals surface area (Å²) in [4.78, 5) is 13.9. The fourth-order valence-electron chi connectivity index (χ4n) is 3.38. The zero-order valence-corrected chi connectivity index (χ0v) is 13.8. The fourth-order valence-corrected chi connectivity index (χ4v) is 3.74. The number of carboxylic acids is 1. The summed E-state index contributed by atoms with van der Waals surface area (Å²) in [7, 11) is 1.87. The van der Waals surface area contributed by atoms with Crippen LogP contribution in [0.5, 0.6) is 0 Å². The normalized spacial score (nSPS) is 22.9. The first-order chi connectivity index (χ1) is 9.96. The minimum Gasteiger partial charge on any atom is -0.480 e. The van der Waals surface area contributed by atoms with E-state index in [-0.39, 0.29) is 0 Å². The Morgan fingerprint density at radius 2 is 2.19 bits per heavy atom. The Kier molecular flexibility index (Phi) is 4.94. The van der Waals surface area contributed by atoms with Gasteiger partial charge in [-0.25, -0.2) is 0 Å². The predicted molar refractivity (Wildman–Crippen MR) is 82.5 cm³/mol. The van der Waals surface area contributed by atoms with Crippen LogP contribution in [0, 0.1) is 0 Å². The Bertz CT molecular complexity index is 529. The van der Waals surface area contributed by atoms with E-state index >= 15 is 0 Å². The van der Waals surface area contributed by atoms with Gasteiger partial charge >= 0.3 is 5.97 Å². The minimum atomic E-state index is -0.741. The first-order valence-electron chi connectivity index (χ1n) is 7.65. The monoisotopic (exact) mass is 313 g/mol. The second-order valence-corrected chi connectivity index (χ2v) is 6.17. The summed E-state index contributed by atoms with van der Waals surface area (Å²) in [5.74, 6) is -0.712. The number of aromatic nitrogens is 2. The maximum atomic E-state index is 11.8. The van der Waals surface area contributed by atoms with Crippen LogP contribution in [0.15, 0.2) is 0 Å². The highest BCUT2D eigenvalue weighted by Crippen LogP contribution is 2.36. The SMILES string of the molecule is CCCC1(C(=O)O)CCCN1Cc1c(Cl)c(CC)nn1C. The van der Waals surface area contributed by atoms with Crippen LogP contribution in [0.2, 0.25) is 5.02 Å². The molecule has 1 fully saturated rings. The Hall–Kier alpha value is -1.07. The molecule has 1 N–H and O–H groups in total. The molecule has 2 heterocycles. The number of carbonyl (C=O) groups is 1. The molecule has 1 saturated heterocycles. The van der Waals surface area contributed by atoms with E-state index in [1.54, 1.807) is 4.68 Å². The third-order valence-corrected chi connectivity index (χ3v) is 4.97. The van der Waals surface area contributed by atoms with Crippen LogP contribution < -0.4 is 0 Å². The van der Waals surface area contributed by atoms with Gasteiger partial charge in [0.1, 0.15) is 5.54 Å². The van der Waals surface area contributed by atoms with Crippen LogP contribution in [0.1, 0.15) is 50.9 Å². The summed E-state index contributed by atoms with van der Waals surface area (Å²) in [5.41, 5.74) is 1.05. The van der Waals surface area contributed by atoms with E-state index in [1.165, 1.54) is 0 Å².